The molecule has 162 valence electrons. The van der Waals surface area contributed by atoms with Crippen LogP contribution in [0.15, 0.2) is 85.3 Å². The molecule has 4 heterocycles. The molecule has 3 aromatic carbocycles. The number of fused-ring (bicyclic) bond motifs is 15. The average Bonchev–Trinajstić information content (AvgIpc) is 3.58. The number of pyridine rings is 3. The molecule has 0 saturated carbocycles. The van der Waals surface area contributed by atoms with Crippen LogP contribution in [0, 0.1) is 0 Å². The number of benzene rings is 3. The number of imidazole rings is 1. The molecular formula is C31H18N4. The zero-order valence-corrected chi connectivity index (χ0v) is 18.8. The zero-order chi connectivity index (χ0) is 22.7. The van der Waals surface area contributed by atoms with Gasteiger partial charge in [-0.15, -0.1) is 0 Å². The fraction of sp³-hybridized carbons (Fsp3) is 0.0645. The van der Waals surface area contributed by atoms with Crippen molar-refractivity contribution < 1.29 is 0 Å². The van der Waals surface area contributed by atoms with Gasteiger partial charge in [0.15, 0.2) is 5.65 Å². The van der Waals surface area contributed by atoms with Crippen molar-refractivity contribution in [3.8, 4) is 22.3 Å². The van der Waals surface area contributed by atoms with Gasteiger partial charge >= 0.3 is 0 Å². The van der Waals surface area contributed by atoms with E-state index < -0.39 is 0 Å². The molecule has 0 bridgehead atoms. The number of hydrogen-bond donors (Lipinski definition) is 0. The molecule has 0 spiro atoms. The molecule has 0 aliphatic heterocycles. The molecular weight excluding hydrogens is 428 g/mol. The SMILES string of the molecule is c1ccc2c(c1)Cc1c-2ccc2c1-c1cc3c4cnccc4n4c5cccnc5nc4c3cc1C2. The maximum Gasteiger partial charge on any atom is 0.178 e. The lowest BCUT2D eigenvalue weighted by Crippen LogP contribution is -1.94. The van der Waals surface area contributed by atoms with Gasteiger partial charge in [-0.05, 0) is 93.1 Å². The standard InChI is InChI=1S/C31H18N4/c1-2-5-20-17(4-1)13-24-21(20)8-7-18-12-19-14-25-23(15-22(19)29(18)24)26-16-32-11-9-27(26)35-28-6-3-10-33-30(28)34-31(25)35/h1-11,14-16H,12-13H2. The average molecular weight is 447 g/mol. The van der Waals surface area contributed by atoms with E-state index in [4.69, 9.17) is 4.98 Å². The van der Waals surface area contributed by atoms with Crippen LogP contribution in [0.3, 0.4) is 0 Å². The highest BCUT2D eigenvalue weighted by atomic mass is 15.1. The number of hydrogen-bond acceptors (Lipinski definition) is 3. The predicted octanol–water partition coefficient (Wildman–Crippen LogP) is 6.73. The number of nitrogens with zero attached hydrogens (tertiary/aromatic N) is 4. The van der Waals surface area contributed by atoms with Gasteiger partial charge in [0.25, 0.3) is 0 Å². The topological polar surface area (TPSA) is 43.1 Å². The van der Waals surface area contributed by atoms with Gasteiger partial charge in [-0.1, -0.05) is 36.4 Å². The van der Waals surface area contributed by atoms with Crippen molar-refractivity contribution in [2.45, 2.75) is 12.8 Å². The van der Waals surface area contributed by atoms with Gasteiger partial charge in [0, 0.05) is 29.4 Å². The molecule has 0 amide bonds. The van der Waals surface area contributed by atoms with E-state index in [-0.39, 0.29) is 0 Å². The lowest BCUT2D eigenvalue weighted by molar-refractivity contribution is 1.23. The molecule has 2 aliphatic carbocycles. The minimum absolute atomic E-state index is 0.775. The minimum Gasteiger partial charge on any atom is -0.290 e. The second kappa shape index (κ2) is 6.10. The first-order chi connectivity index (χ1) is 17.3. The van der Waals surface area contributed by atoms with Crippen LogP contribution in [-0.4, -0.2) is 19.4 Å². The van der Waals surface area contributed by atoms with E-state index in [2.05, 4.69) is 75.0 Å². The van der Waals surface area contributed by atoms with Gasteiger partial charge in [-0.3, -0.25) is 9.38 Å². The van der Waals surface area contributed by atoms with Crippen LogP contribution in [0.2, 0.25) is 0 Å². The van der Waals surface area contributed by atoms with Crippen LogP contribution in [0.1, 0.15) is 22.3 Å². The largest absolute Gasteiger partial charge is 0.290 e. The summed E-state index contributed by atoms with van der Waals surface area (Å²) in [7, 11) is 0. The lowest BCUT2D eigenvalue weighted by atomic mass is 9.93. The molecule has 0 atom stereocenters. The first-order valence-electron chi connectivity index (χ1n) is 12.0. The van der Waals surface area contributed by atoms with Gasteiger partial charge in [-0.2, -0.15) is 0 Å². The van der Waals surface area contributed by atoms with Gasteiger partial charge < -0.3 is 0 Å². The Morgan fingerprint density at radius 1 is 0.657 bits per heavy atom. The molecule has 7 aromatic rings. The zero-order valence-electron chi connectivity index (χ0n) is 18.8. The maximum atomic E-state index is 4.98. The summed E-state index contributed by atoms with van der Waals surface area (Å²) in [5.41, 5.74) is 15.1. The van der Waals surface area contributed by atoms with Crippen molar-refractivity contribution in [1.29, 1.82) is 0 Å². The monoisotopic (exact) mass is 446 g/mol. The fourth-order valence-corrected chi connectivity index (χ4v) is 6.51. The van der Waals surface area contributed by atoms with Gasteiger partial charge in [-0.25, -0.2) is 9.97 Å². The quantitative estimate of drug-likeness (QED) is 0.243. The molecule has 0 N–H and O–H groups in total. The summed E-state index contributed by atoms with van der Waals surface area (Å²) < 4.78 is 2.24. The van der Waals surface area contributed by atoms with Gasteiger partial charge in [0.1, 0.15) is 5.65 Å². The van der Waals surface area contributed by atoms with Crippen molar-refractivity contribution in [2.75, 3.05) is 0 Å². The van der Waals surface area contributed by atoms with Crippen LogP contribution in [0.4, 0.5) is 0 Å². The molecule has 4 heteroatoms. The van der Waals surface area contributed by atoms with Crippen molar-refractivity contribution in [2.24, 2.45) is 0 Å². The van der Waals surface area contributed by atoms with Gasteiger partial charge in [0.05, 0.1) is 11.0 Å². The van der Waals surface area contributed by atoms with Crippen LogP contribution in [0.25, 0.3) is 60.7 Å². The molecule has 0 saturated heterocycles. The summed E-state index contributed by atoms with van der Waals surface area (Å²) >= 11 is 0. The minimum atomic E-state index is 0.775. The lowest BCUT2D eigenvalue weighted by Gasteiger charge is -2.12. The van der Waals surface area contributed by atoms with E-state index in [0.29, 0.717) is 0 Å². The Morgan fingerprint density at radius 3 is 2.63 bits per heavy atom. The first kappa shape index (κ1) is 17.8. The summed E-state index contributed by atoms with van der Waals surface area (Å²) in [6, 6.07) is 24.4. The summed E-state index contributed by atoms with van der Waals surface area (Å²) in [6.45, 7) is 0. The van der Waals surface area contributed by atoms with Crippen molar-refractivity contribution in [3.05, 3.63) is 108 Å². The third kappa shape index (κ3) is 2.15. The summed E-state index contributed by atoms with van der Waals surface area (Å²) in [5.74, 6) is 0. The molecule has 0 unspecified atom stereocenters. The Bertz CT molecular complexity index is 2070. The number of aromatic nitrogens is 4. The van der Waals surface area contributed by atoms with Crippen LogP contribution >= 0.6 is 0 Å². The molecule has 4 aromatic heterocycles. The molecule has 9 rings (SSSR count). The molecule has 0 fully saturated rings. The molecule has 2 aliphatic rings. The van der Waals surface area contributed by atoms with Crippen LogP contribution < -0.4 is 0 Å². The van der Waals surface area contributed by atoms with E-state index >= 15 is 0 Å². The predicted molar refractivity (Wildman–Crippen MR) is 140 cm³/mol. The van der Waals surface area contributed by atoms with Crippen LogP contribution in [0.5, 0.6) is 0 Å². The maximum absolute atomic E-state index is 4.98. The fourth-order valence-electron chi connectivity index (χ4n) is 6.51. The Kier molecular flexibility index (Phi) is 3.11. The summed E-state index contributed by atoms with van der Waals surface area (Å²) in [5, 5.41) is 3.51. The second-order valence-electron chi connectivity index (χ2n) is 9.70. The Labute approximate surface area is 200 Å². The van der Waals surface area contributed by atoms with Crippen molar-refractivity contribution in [3.63, 3.8) is 0 Å². The third-order valence-electron chi connectivity index (χ3n) is 7.97. The van der Waals surface area contributed by atoms with E-state index in [1.54, 1.807) is 0 Å². The Morgan fingerprint density at radius 2 is 1.63 bits per heavy atom. The molecule has 4 nitrogen and oxygen atoms in total. The molecule has 35 heavy (non-hydrogen) atoms. The number of rotatable bonds is 0. The summed E-state index contributed by atoms with van der Waals surface area (Å²) in [6.07, 6.45) is 7.63. The summed E-state index contributed by atoms with van der Waals surface area (Å²) in [4.78, 5) is 14.0. The normalized spacial score (nSPS) is 13.5. The van der Waals surface area contributed by atoms with Crippen molar-refractivity contribution in [1.82, 2.24) is 19.4 Å². The first-order valence-corrected chi connectivity index (χ1v) is 12.0. The van der Waals surface area contributed by atoms with Crippen LogP contribution in [-0.2, 0) is 12.8 Å². The highest BCUT2D eigenvalue weighted by Crippen LogP contribution is 2.49. The van der Waals surface area contributed by atoms with E-state index in [1.807, 2.05) is 24.7 Å². The Hall–Kier alpha value is -4.57. The highest BCUT2D eigenvalue weighted by Gasteiger charge is 2.29. The van der Waals surface area contributed by atoms with E-state index in [0.717, 1.165) is 45.9 Å². The van der Waals surface area contributed by atoms with Gasteiger partial charge in [0.2, 0.25) is 0 Å². The third-order valence-corrected chi connectivity index (χ3v) is 7.97. The van der Waals surface area contributed by atoms with E-state index in [1.165, 1.54) is 49.9 Å². The smallest absolute Gasteiger partial charge is 0.178 e. The Balaban J connectivity index is 1.41. The highest BCUT2D eigenvalue weighted by molar-refractivity contribution is 6.15. The van der Waals surface area contributed by atoms with Crippen molar-refractivity contribution >= 4 is 38.5 Å². The molecule has 0 radical (unpaired) electrons. The van der Waals surface area contributed by atoms with E-state index in [9.17, 15) is 0 Å². The second-order valence-corrected chi connectivity index (χ2v) is 9.70.